The summed E-state index contributed by atoms with van der Waals surface area (Å²) in [5.41, 5.74) is 7.13. The van der Waals surface area contributed by atoms with E-state index in [9.17, 15) is 8.42 Å². The zero-order valence-electron chi connectivity index (χ0n) is 10.8. The van der Waals surface area contributed by atoms with Crippen molar-refractivity contribution in [1.29, 1.82) is 0 Å². The number of aromatic nitrogens is 1. The Hall–Kier alpha value is -1.79. The minimum atomic E-state index is -3.71. The molecule has 106 valence electrons. The van der Waals surface area contributed by atoms with Crippen molar-refractivity contribution in [1.82, 2.24) is 4.98 Å². The van der Waals surface area contributed by atoms with Gasteiger partial charge in [0.05, 0.1) is 10.6 Å². The first-order valence-corrected chi connectivity index (χ1v) is 7.81. The fraction of sp³-hybridized carbons (Fsp3) is 0.154. The van der Waals surface area contributed by atoms with Crippen LogP contribution in [0.5, 0.6) is 0 Å². The molecule has 0 amide bonds. The van der Waals surface area contributed by atoms with Crippen LogP contribution in [0.1, 0.15) is 12.5 Å². The summed E-state index contributed by atoms with van der Waals surface area (Å²) in [6, 6.07) is 7.81. The third-order valence-electron chi connectivity index (χ3n) is 2.74. The van der Waals surface area contributed by atoms with E-state index in [1.165, 1.54) is 24.4 Å². The van der Waals surface area contributed by atoms with E-state index in [4.69, 9.17) is 17.3 Å². The van der Waals surface area contributed by atoms with Gasteiger partial charge in [-0.3, -0.25) is 4.72 Å². The molecule has 0 unspecified atom stereocenters. The summed E-state index contributed by atoms with van der Waals surface area (Å²) in [5, 5.41) is 0.216. The molecule has 2 aromatic rings. The lowest BCUT2D eigenvalue weighted by Crippen LogP contribution is -2.15. The second kappa shape index (κ2) is 5.68. The van der Waals surface area contributed by atoms with Crippen molar-refractivity contribution in [3.63, 3.8) is 0 Å². The molecule has 0 aliphatic carbocycles. The van der Waals surface area contributed by atoms with Crippen molar-refractivity contribution in [2.75, 3.05) is 10.5 Å². The number of nitrogens with one attached hydrogen (secondary N) is 1. The van der Waals surface area contributed by atoms with Gasteiger partial charge in [-0.1, -0.05) is 24.6 Å². The second-order valence-corrected chi connectivity index (χ2v) is 6.23. The molecule has 0 atom stereocenters. The number of pyridine rings is 1. The van der Waals surface area contributed by atoms with Gasteiger partial charge >= 0.3 is 0 Å². The number of hydrogen-bond acceptors (Lipinski definition) is 4. The van der Waals surface area contributed by atoms with E-state index in [-0.39, 0.29) is 10.0 Å². The monoisotopic (exact) mass is 311 g/mol. The highest BCUT2D eigenvalue weighted by atomic mass is 35.5. The lowest BCUT2D eigenvalue weighted by molar-refractivity contribution is 0.600. The maximum atomic E-state index is 12.4. The smallest absolute Gasteiger partial charge is 0.262 e. The highest BCUT2D eigenvalue weighted by Gasteiger charge is 2.18. The molecule has 20 heavy (non-hydrogen) atoms. The van der Waals surface area contributed by atoms with Crippen LogP contribution >= 0.6 is 11.6 Å². The molecule has 0 aliphatic heterocycles. The summed E-state index contributed by atoms with van der Waals surface area (Å²) in [6.45, 7) is 1.88. The lowest BCUT2D eigenvalue weighted by atomic mass is 10.1. The van der Waals surface area contributed by atoms with Gasteiger partial charge in [0.15, 0.2) is 0 Å². The molecule has 0 bridgehead atoms. The first kappa shape index (κ1) is 14.6. The molecular formula is C13H14ClN3O2S. The van der Waals surface area contributed by atoms with Gasteiger partial charge in [-0.05, 0) is 36.2 Å². The van der Waals surface area contributed by atoms with Crippen molar-refractivity contribution >= 4 is 33.0 Å². The summed E-state index contributed by atoms with van der Waals surface area (Å²) in [5.74, 6) is 0. The number of hydrogen-bond donors (Lipinski definition) is 2. The number of nitrogens with two attached hydrogens (primary N) is 1. The molecule has 0 saturated carbocycles. The Morgan fingerprint density at radius 1 is 1.30 bits per heavy atom. The van der Waals surface area contributed by atoms with Gasteiger partial charge in [-0.2, -0.15) is 0 Å². The van der Waals surface area contributed by atoms with Crippen molar-refractivity contribution < 1.29 is 8.42 Å². The van der Waals surface area contributed by atoms with Gasteiger partial charge in [0.1, 0.15) is 5.15 Å². The Morgan fingerprint density at radius 3 is 2.70 bits per heavy atom. The Morgan fingerprint density at radius 2 is 2.05 bits per heavy atom. The van der Waals surface area contributed by atoms with Gasteiger partial charge < -0.3 is 5.73 Å². The van der Waals surface area contributed by atoms with Crippen LogP contribution in [0.4, 0.5) is 11.4 Å². The molecule has 1 aromatic heterocycles. The van der Waals surface area contributed by atoms with Crippen molar-refractivity contribution in [3.8, 4) is 0 Å². The third kappa shape index (κ3) is 3.20. The molecule has 3 N–H and O–H groups in total. The first-order chi connectivity index (χ1) is 9.42. The van der Waals surface area contributed by atoms with Crippen LogP contribution in [0.15, 0.2) is 41.4 Å². The summed E-state index contributed by atoms with van der Waals surface area (Å²) < 4.78 is 27.3. The Bertz CT molecular complexity index is 732. The number of sulfonamides is 1. The topological polar surface area (TPSA) is 85.1 Å². The highest BCUT2D eigenvalue weighted by molar-refractivity contribution is 7.92. The predicted octanol–water partition coefficient (Wildman–Crippen LogP) is 2.68. The quantitative estimate of drug-likeness (QED) is 0.671. The fourth-order valence-electron chi connectivity index (χ4n) is 1.79. The lowest BCUT2D eigenvalue weighted by Gasteiger charge is -2.12. The zero-order valence-corrected chi connectivity index (χ0v) is 12.4. The van der Waals surface area contributed by atoms with Crippen molar-refractivity contribution in [2.45, 2.75) is 18.2 Å². The van der Waals surface area contributed by atoms with Gasteiger partial charge in [0, 0.05) is 11.9 Å². The van der Waals surface area contributed by atoms with E-state index in [1.54, 1.807) is 12.1 Å². The molecule has 7 heteroatoms. The van der Waals surface area contributed by atoms with Crippen LogP contribution in [0.25, 0.3) is 0 Å². The van der Waals surface area contributed by atoms with Crippen LogP contribution in [0.3, 0.4) is 0 Å². The number of benzene rings is 1. The number of aryl methyl sites for hydroxylation is 1. The van der Waals surface area contributed by atoms with Crippen LogP contribution in [-0.2, 0) is 16.4 Å². The number of anilines is 2. The van der Waals surface area contributed by atoms with E-state index < -0.39 is 10.0 Å². The van der Waals surface area contributed by atoms with E-state index >= 15 is 0 Å². The van der Waals surface area contributed by atoms with Gasteiger partial charge in [0.2, 0.25) is 0 Å². The average molecular weight is 312 g/mol. The number of rotatable bonds is 4. The molecule has 1 heterocycles. The van der Waals surface area contributed by atoms with Crippen LogP contribution in [0.2, 0.25) is 5.15 Å². The second-order valence-electron chi connectivity index (χ2n) is 4.19. The summed E-state index contributed by atoms with van der Waals surface area (Å²) in [7, 11) is -3.71. The van der Waals surface area contributed by atoms with E-state index in [0.717, 1.165) is 0 Å². The van der Waals surface area contributed by atoms with Crippen molar-refractivity contribution in [2.24, 2.45) is 0 Å². The summed E-state index contributed by atoms with van der Waals surface area (Å²) >= 11 is 5.74. The SMILES string of the molecule is CCc1ccc(N)cc1S(=O)(=O)Nc1ccnc(Cl)c1. The standard InChI is InChI=1S/C13H14ClN3O2S/c1-2-9-3-4-10(15)7-12(9)20(18,19)17-11-5-6-16-13(14)8-11/h3-8H,2,15H2,1H3,(H,16,17). The van der Waals surface area contributed by atoms with Crippen LogP contribution in [0, 0.1) is 0 Å². The Labute approximate surface area is 122 Å². The van der Waals surface area contributed by atoms with Crippen LogP contribution in [-0.4, -0.2) is 13.4 Å². The van der Waals surface area contributed by atoms with Gasteiger partial charge in [0.25, 0.3) is 10.0 Å². The van der Waals surface area contributed by atoms with E-state index in [1.807, 2.05) is 6.92 Å². The Kier molecular flexibility index (Phi) is 4.15. The number of nitrogen functional groups attached to an aromatic ring is 1. The normalized spacial score (nSPS) is 11.3. The van der Waals surface area contributed by atoms with Crippen LogP contribution < -0.4 is 10.5 Å². The van der Waals surface area contributed by atoms with Crippen molar-refractivity contribution in [3.05, 3.63) is 47.2 Å². The fourth-order valence-corrected chi connectivity index (χ4v) is 3.36. The highest BCUT2D eigenvalue weighted by Crippen LogP contribution is 2.23. The summed E-state index contributed by atoms with van der Waals surface area (Å²) in [4.78, 5) is 3.98. The molecule has 2 rings (SSSR count). The maximum Gasteiger partial charge on any atom is 0.262 e. The largest absolute Gasteiger partial charge is 0.399 e. The van der Waals surface area contributed by atoms with Gasteiger partial charge in [-0.15, -0.1) is 0 Å². The van der Waals surface area contributed by atoms with E-state index in [0.29, 0.717) is 23.4 Å². The molecule has 0 aliphatic rings. The molecule has 1 aromatic carbocycles. The predicted molar refractivity (Wildman–Crippen MR) is 80.3 cm³/mol. The third-order valence-corrected chi connectivity index (χ3v) is 4.41. The number of halogens is 1. The van der Waals surface area contributed by atoms with E-state index in [2.05, 4.69) is 9.71 Å². The summed E-state index contributed by atoms with van der Waals surface area (Å²) in [6.07, 6.45) is 2.02. The Balaban J connectivity index is 2.43. The minimum absolute atomic E-state index is 0.174. The molecule has 5 nitrogen and oxygen atoms in total. The molecular weight excluding hydrogens is 298 g/mol. The van der Waals surface area contributed by atoms with Gasteiger partial charge in [-0.25, -0.2) is 13.4 Å². The maximum absolute atomic E-state index is 12.4. The molecule has 0 fully saturated rings. The molecule has 0 radical (unpaired) electrons. The zero-order chi connectivity index (χ0) is 14.8. The average Bonchev–Trinajstić information content (AvgIpc) is 2.38. The molecule has 0 saturated heterocycles. The first-order valence-electron chi connectivity index (χ1n) is 5.95. The number of nitrogens with zero attached hydrogens (tertiary/aromatic N) is 1. The minimum Gasteiger partial charge on any atom is -0.399 e. The molecule has 0 spiro atoms.